The maximum atomic E-state index is 2.27. The molecule has 0 atom stereocenters. The van der Waals surface area contributed by atoms with Gasteiger partial charge in [-0.1, -0.05) is 19.6 Å². The van der Waals surface area contributed by atoms with E-state index in [1.54, 1.807) is 0 Å². The van der Waals surface area contributed by atoms with E-state index in [4.69, 9.17) is 0 Å². The third kappa shape index (κ3) is 15.7. The molecule has 1 aromatic rings. The molecule has 2 heteroatoms. The van der Waals surface area contributed by atoms with Crippen LogP contribution < -0.4 is 0 Å². The van der Waals surface area contributed by atoms with Gasteiger partial charge in [0.25, 0.3) is 0 Å². The summed E-state index contributed by atoms with van der Waals surface area (Å²) in [5, 5.41) is 0. The fraction of sp³-hybridized carbons (Fsp3) is 0.375. The molecule has 0 N–H and O–H groups in total. The Labute approximate surface area is 77.5 Å². The molecule has 0 saturated carbocycles. The summed E-state index contributed by atoms with van der Waals surface area (Å²) in [5.74, 6) is 0. The largest absolute Gasteiger partial charge is 0.214 e. The van der Waals surface area contributed by atoms with Crippen LogP contribution in [0, 0.1) is 0 Å². The summed E-state index contributed by atoms with van der Waals surface area (Å²) in [5.41, 5.74) is 0. The van der Waals surface area contributed by atoms with E-state index in [1.165, 1.54) is 0 Å². The molecule has 1 aromatic carbocycles. The molecule has 0 unspecified atom stereocenters. The van der Waals surface area contributed by atoms with Crippen molar-refractivity contribution in [2.24, 2.45) is 0 Å². The molecule has 0 amide bonds. The van der Waals surface area contributed by atoms with Crippen molar-refractivity contribution in [2.45, 2.75) is 19.6 Å². The molecule has 0 saturated heterocycles. The van der Waals surface area contributed by atoms with Gasteiger partial charge in [0.05, 0.1) is 0 Å². The van der Waals surface area contributed by atoms with Gasteiger partial charge >= 0.3 is 0 Å². The van der Waals surface area contributed by atoms with E-state index >= 15 is 0 Å². The maximum Gasteiger partial charge on any atom is 0.0379 e. The van der Waals surface area contributed by atoms with E-state index < -0.39 is 0 Å². The minimum absolute atomic E-state index is 0. The first-order valence-corrected chi connectivity index (χ1v) is 6.17. The van der Waals surface area contributed by atoms with Gasteiger partial charge in [-0.25, -0.2) is 12.1 Å². The third-order valence-corrected chi connectivity index (χ3v) is 0.556. The molecule has 0 fully saturated rings. The number of hydrogen-bond acceptors (Lipinski definition) is 0. The topological polar surface area (TPSA) is 0 Å². The standard InChI is InChI=1S/C5H5.C3H9Si.V/c1-2-4-5-3-1;1-4(2)3;/h1-5H;1-3H3;/q-1;;. The summed E-state index contributed by atoms with van der Waals surface area (Å²) >= 11 is 0. The van der Waals surface area contributed by atoms with Gasteiger partial charge in [-0.05, 0) is 0 Å². The second-order valence-electron chi connectivity index (χ2n) is 2.46. The van der Waals surface area contributed by atoms with Crippen molar-refractivity contribution >= 4 is 8.80 Å². The van der Waals surface area contributed by atoms with Crippen LogP contribution in [0.25, 0.3) is 0 Å². The summed E-state index contributed by atoms with van der Waals surface area (Å²) < 4.78 is 0. The van der Waals surface area contributed by atoms with Crippen LogP contribution in [-0.4, -0.2) is 8.80 Å². The minimum Gasteiger partial charge on any atom is -0.214 e. The molecule has 0 aromatic heterocycles. The molecule has 0 heterocycles. The molecule has 56 valence electrons. The summed E-state index contributed by atoms with van der Waals surface area (Å²) in [6, 6.07) is 10.0. The smallest absolute Gasteiger partial charge is 0.0379 e. The molecule has 0 aliphatic carbocycles. The first kappa shape index (κ1) is 12.8. The zero-order valence-electron chi connectivity index (χ0n) is 6.83. The fourth-order valence-corrected chi connectivity index (χ4v) is 0.321. The molecule has 2 radical (unpaired) electrons. The minimum atomic E-state index is 0. The molecular weight excluding hydrogens is 175 g/mol. The Kier molecular flexibility index (Phi) is 11.7. The Balaban J connectivity index is 0. The van der Waals surface area contributed by atoms with Crippen LogP contribution in [0.5, 0.6) is 0 Å². The van der Waals surface area contributed by atoms with Crippen LogP contribution in [0.1, 0.15) is 0 Å². The summed E-state index contributed by atoms with van der Waals surface area (Å²) in [6.07, 6.45) is 0. The first-order chi connectivity index (χ1) is 4.23. The maximum absolute atomic E-state index is 2.27. The Morgan fingerprint density at radius 1 is 1.00 bits per heavy atom. The second kappa shape index (κ2) is 9.15. The SMILES string of the molecule is C[Si](C)C.[V].c1cc[cH-]c1. The average Bonchev–Trinajstić information content (AvgIpc) is 2.11. The molecule has 0 nitrogen and oxygen atoms in total. The average molecular weight is 189 g/mol. The summed E-state index contributed by atoms with van der Waals surface area (Å²) in [6.45, 7) is 6.81. The quantitative estimate of drug-likeness (QED) is 0.435. The van der Waals surface area contributed by atoms with Crippen LogP contribution >= 0.6 is 0 Å². The first-order valence-electron chi connectivity index (χ1n) is 3.17. The summed E-state index contributed by atoms with van der Waals surface area (Å²) in [7, 11) is 0.120. The van der Waals surface area contributed by atoms with E-state index in [0.717, 1.165) is 0 Å². The van der Waals surface area contributed by atoms with Gasteiger partial charge in [0.15, 0.2) is 0 Å². The zero-order valence-corrected chi connectivity index (χ0v) is 9.23. The van der Waals surface area contributed by atoms with Crippen LogP contribution in [0.2, 0.25) is 19.6 Å². The molecule has 0 bridgehead atoms. The van der Waals surface area contributed by atoms with E-state index in [9.17, 15) is 0 Å². The Morgan fingerprint density at radius 2 is 1.30 bits per heavy atom. The van der Waals surface area contributed by atoms with Crippen molar-refractivity contribution in [3.8, 4) is 0 Å². The number of rotatable bonds is 0. The van der Waals surface area contributed by atoms with Crippen molar-refractivity contribution in [3.05, 3.63) is 30.3 Å². The third-order valence-electron chi connectivity index (χ3n) is 0.556. The molecular formula is C8H14SiV-. The van der Waals surface area contributed by atoms with Crippen molar-refractivity contribution in [2.75, 3.05) is 0 Å². The van der Waals surface area contributed by atoms with Crippen molar-refractivity contribution in [1.29, 1.82) is 0 Å². The molecule has 1 rings (SSSR count). The Morgan fingerprint density at radius 3 is 1.40 bits per heavy atom. The van der Waals surface area contributed by atoms with Gasteiger partial charge in [-0.2, -0.15) is 18.2 Å². The Hall–Kier alpha value is 0.151. The molecule has 0 spiro atoms. The van der Waals surface area contributed by atoms with Gasteiger partial charge in [0.2, 0.25) is 0 Å². The van der Waals surface area contributed by atoms with Crippen molar-refractivity contribution < 1.29 is 18.6 Å². The van der Waals surface area contributed by atoms with E-state index in [0.29, 0.717) is 0 Å². The van der Waals surface area contributed by atoms with Gasteiger partial charge in [0, 0.05) is 27.4 Å². The molecule has 10 heavy (non-hydrogen) atoms. The second-order valence-corrected chi connectivity index (χ2v) is 5.46. The van der Waals surface area contributed by atoms with Gasteiger partial charge in [-0.3, -0.25) is 0 Å². The molecule has 0 aliphatic rings. The summed E-state index contributed by atoms with van der Waals surface area (Å²) in [4.78, 5) is 0. The van der Waals surface area contributed by atoms with E-state index in [1.807, 2.05) is 30.3 Å². The number of hydrogen-bond donors (Lipinski definition) is 0. The van der Waals surface area contributed by atoms with E-state index in [-0.39, 0.29) is 27.4 Å². The van der Waals surface area contributed by atoms with E-state index in [2.05, 4.69) is 19.6 Å². The van der Waals surface area contributed by atoms with Crippen LogP contribution in [0.4, 0.5) is 0 Å². The van der Waals surface area contributed by atoms with Crippen molar-refractivity contribution in [1.82, 2.24) is 0 Å². The van der Waals surface area contributed by atoms with Gasteiger partial charge in [-0.15, -0.1) is 0 Å². The van der Waals surface area contributed by atoms with Gasteiger partial charge < -0.3 is 0 Å². The molecule has 0 aliphatic heterocycles. The van der Waals surface area contributed by atoms with Crippen molar-refractivity contribution in [3.63, 3.8) is 0 Å². The normalized spacial score (nSPS) is 7.60. The predicted molar refractivity (Wildman–Crippen MR) is 45.4 cm³/mol. The van der Waals surface area contributed by atoms with Gasteiger partial charge in [0.1, 0.15) is 0 Å². The van der Waals surface area contributed by atoms with Crippen LogP contribution in [0.15, 0.2) is 30.3 Å². The van der Waals surface area contributed by atoms with Crippen LogP contribution in [-0.2, 0) is 18.6 Å². The Bertz CT molecular complexity index is 92.8. The monoisotopic (exact) mass is 189 g/mol. The predicted octanol–water partition coefficient (Wildman–Crippen LogP) is 2.77. The van der Waals surface area contributed by atoms with Crippen LogP contribution in [0.3, 0.4) is 0 Å². The zero-order chi connectivity index (χ0) is 7.11. The fourth-order valence-electron chi connectivity index (χ4n) is 0.321.